The van der Waals surface area contributed by atoms with Crippen LogP contribution in [-0.2, 0) is 6.54 Å². The van der Waals surface area contributed by atoms with Crippen LogP contribution in [0.1, 0.15) is 36.3 Å². The summed E-state index contributed by atoms with van der Waals surface area (Å²) < 4.78 is 1.92. The summed E-state index contributed by atoms with van der Waals surface area (Å²) in [5, 5.41) is 4.37. The number of hydrogen-bond donors (Lipinski definition) is 0. The van der Waals surface area contributed by atoms with Crippen molar-refractivity contribution in [3.8, 4) is 0 Å². The lowest BCUT2D eigenvalue weighted by atomic mass is 10.1. The maximum atomic E-state index is 12.7. The predicted octanol–water partition coefficient (Wildman–Crippen LogP) is 1.68. The minimum absolute atomic E-state index is 0.000199. The van der Waals surface area contributed by atoms with E-state index in [-0.39, 0.29) is 11.9 Å². The second-order valence-electron chi connectivity index (χ2n) is 7.01. The van der Waals surface area contributed by atoms with E-state index in [1.807, 2.05) is 16.5 Å². The number of carbonyl (C=O) groups excluding carboxylic acids is 2. The summed E-state index contributed by atoms with van der Waals surface area (Å²) in [5.74, 6) is 0.621. The molecular formula is C17H29N5O2. The van der Waals surface area contributed by atoms with Gasteiger partial charge in [0.15, 0.2) is 0 Å². The largest absolute Gasteiger partial charge is 0.335 e. The lowest BCUT2D eigenvalue weighted by molar-refractivity contribution is 0.0649. The highest BCUT2D eigenvalue weighted by Gasteiger charge is 2.27. The van der Waals surface area contributed by atoms with E-state index in [0.29, 0.717) is 37.7 Å². The lowest BCUT2D eigenvalue weighted by Gasteiger charge is -2.35. The van der Waals surface area contributed by atoms with Gasteiger partial charge < -0.3 is 14.7 Å². The molecule has 3 amide bonds. The Bertz CT molecular complexity index is 586. The van der Waals surface area contributed by atoms with Crippen molar-refractivity contribution in [3.63, 3.8) is 0 Å². The molecule has 1 fully saturated rings. The minimum atomic E-state index is -0.000199. The molecule has 0 unspecified atom stereocenters. The summed E-state index contributed by atoms with van der Waals surface area (Å²) in [6.07, 6.45) is 2.72. The van der Waals surface area contributed by atoms with Crippen LogP contribution < -0.4 is 0 Å². The van der Waals surface area contributed by atoms with Gasteiger partial charge >= 0.3 is 6.03 Å². The summed E-state index contributed by atoms with van der Waals surface area (Å²) >= 11 is 0. The Kier molecular flexibility index (Phi) is 5.85. The molecule has 2 rings (SSSR count). The molecule has 7 heteroatoms. The van der Waals surface area contributed by atoms with Crippen LogP contribution in [-0.4, -0.2) is 76.7 Å². The van der Waals surface area contributed by atoms with Crippen molar-refractivity contribution in [2.24, 2.45) is 5.92 Å². The predicted molar refractivity (Wildman–Crippen MR) is 93.0 cm³/mol. The molecular weight excluding hydrogens is 306 g/mol. The number of aromatic nitrogens is 2. The smallest absolute Gasteiger partial charge is 0.319 e. The molecule has 1 aliphatic rings. The second-order valence-corrected chi connectivity index (χ2v) is 7.01. The van der Waals surface area contributed by atoms with Crippen LogP contribution in [0.15, 0.2) is 6.20 Å². The molecule has 0 saturated carbocycles. The molecule has 0 radical (unpaired) electrons. The van der Waals surface area contributed by atoms with Crippen molar-refractivity contribution in [1.29, 1.82) is 0 Å². The van der Waals surface area contributed by atoms with Gasteiger partial charge in [-0.25, -0.2) is 4.79 Å². The third-order valence-electron chi connectivity index (χ3n) is 4.47. The number of amides is 3. The van der Waals surface area contributed by atoms with Gasteiger partial charge in [0.1, 0.15) is 0 Å². The first kappa shape index (κ1) is 18.3. The molecule has 1 aromatic heterocycles. The Hall–Kier alpha value is -2.05. The SMILES string of the molecule is Cc1c(C(=O)N2CCN(C(=O)N(C)C)CC2)cnn1CCC(C)C. The third-order valence-corrected chi connectivity index (χ3v) is 4.47. The van der Waals surface area contributed by atoms with Crippen LogP contribution in [0.2, 0.25) is 0 Å². The molecule has 0 aliphatic carbocycles. The summed E-state index contributed by atoms with van der Waals surface area (Å²) in [7, 11) is 3.49. The fourth-order valence-corrected chi connectivity index (χ4v) is 2.82. The average molecular weight is 335 g/mol. The van der Waals surface area contributed by atoms with Crippen LogP contribution >= 0.6 is 0 Å². The van der Waals surface area contributed by atoms with Crippen molar-refractivity contribution in [3.05, 3.63) is 17.5 Å². The van der Waals surface area contributed by atoms with Crippen molar-refractivity contribution >= 4 is 11.9 Å². The van der Waals surface area contributed by atoms with Gasteiger partial charge in [0.05, 0.1) is 11.8 Å². The van der Waals surface area contributed by atoms with Crippen LogP contribution in [0.4, 0.5) is 4.79 Å². The van der Waals surface area contributed by atoms with Gasteiger partial charge in [-0.2, -0.15) is 5.10 Å². The first-order valence-electron chi connectivity index (χ1n) is 8.59. The van der Waals surface area contributed by atoms with Gasteiger partial charge in [-0.3, -0.25) is 9.48 Å². The van der Waals surface area contributed by atoms with Gasteiger partial charge in [-0.15, -0.1) is 0 Å². The van der Waals surface area contributed by atoms with E-state index in [4.69, 9.17) is 0 Å². The first-order chi connectivity index (χ1) is 11.3. The molecule has 0 spiro atoms. The molecule has 0 atom stereocenters. The van der Waals surface area contributed by atoms with E-state index in [1.54, 1.807) is 30.1 Å². The highest BCUT2D eigenvalue weighted by molar-refractivity contribution is 5.95. The topological polar surface area (TPSA) is 61.7 Å². The number of urea groups is 1. The van der Waals surface area contributed by atoms with Gasteiger partial charge in [0.25, 0.3) is 5.91 Å². The Balaban J connectivity index is 1.97. The number of hydrogen-bond acceptors (Lipinski definition) is 3. The van der Waals surface area contributed by atoms with E-state index in [9.17, 15) is 9.59 Å². The highest BCUT2D eigenvalue weighted by Crippen LogP contribution is 2.14. The zero-order valence-electron chi connectivity index (χ0n) is 15.4. The molecule has 24 heavy (non-hydrogen) atoms. The van der Waals surface area contributed by atoms with E-state index in [0.717, 1.165) is 18.7 Å². The number of piperazine rings is 1. The quantitative estimate of drug-likeness (QED) is 0.841. The van der Waals surface area contributed by atoms with Crippen molar-refractivity contribution < 1.29 is 9.59 Å². The Labute approximate surface area is 144 Å². The average Bonchev–Trinajstić information content (AvgIpc) is 2.92. The zero-order chi connectivity index (χ0) is 17.9. The number of nitrogens with zero attached hydrogens (tertiary/aromatic N) is 5. The minimum Gasteiger partial charge on any atom is -0.335 e. The third kappa shape index (κ3) is 4.07. The van der Waals surface area contributed by atoms with E-state index in [2.05, 4.69) is 18.9 Å². The molecule has 1 saturated heterocycles. The zero-order valence-corrected chi connectivity index (χ0v) is 15.4. The van der Waals surface area contributed by atoms with Crippen molar-refractivity contribution in [2.45, 2.75) is 33.7 Å². The molecule has 134 valence electrons. The van der Waals surface area contributed by atoms with Crippen molar-refractivity contribution in [1.82, 2.24) is 24.5 Å². The molecule has 7 nitrogen and oxygen atoms in total. The van der Waals surface area contributed by atoms with Gasteiger partial charge in [0, 0.05) is 52.5 Å². The summed E-state index contributed by atoms with van der Waals surface area (Å²) in [4.78, 5) is 29.9. The van der Waals surface area contributed by atoms with Crippen LogP contribution in [0.5, 0.6) is 0 Å². The van der Waals surface area contributed by atoms with Crippen molar-refractivity contribution in [2.75, 3.05) is 40.3 Å². The monoisotopic (exact) mass is 335 g/mol. The molecule has 2 heterocycles. The maximum Gasteiger partial charge on any atom is 0.319 e. The normalized spacial score (nSPS) is 15.1. The first-order valence-corrected chi connectivity index (χ1v) is 8.59. The Morgan fingerprint density at radius 3 is 2.29 bits per heavy atom. The lowest BCUT2D eigenvalue weighted by Crippen LogP contribution is -2.52. The van der Waals surface area contributed by atoms with E-state index < -0.39 is 0 Å². The second kappa shape index (κ2) is 7.68. The van der Waals surface area contributed by atoms with Crippen LogP contribution in [0.3, 0.4) is 0 Å². The number of carbonyl (C=O) groups is 2. The molecule has 1 aliphatic heterocycles. The van der Waals surface area contributed by atoms with Crippen LogP contribution in [0, 0.1) is 12.8 Å². The van der Waals surface area contributed by atoms with Gasteiger partial charge in [-0.1, -0.05) is 13.8 Å². The number of aryl methyl sites for hydroxylation is 1. The van der Waals surface area contributed by atoms with E-state index >= 15 is 0 Å². The molecule has 1 aromatic rings. The van der Waals surface area contributed by atoms with Gasteiger partial charge in [-0.05, 0) is 19.3 Å². The van der Waals surface area contributed by atoms with Gasteiger partial charge in [0.2, 0.25) is 0 Å². The number of rotatable bonds is 4. The Morgan fingerprint density at radius 1 is 1.17 bits per heavy atom. The Morgan fingerprint density at radius 2 is 1.75 bits per heavy atom. The molecule has 0 bridgehead atoms. The summed E-state index contributed by atoms with van der Waals surface area (Å²) in [6.45, 7) is 9.42. The summed E-state index contributed by atoms with van der Waals surface area (Å²) in [5.41, 5.74) is 1.60. The molecule has 0 N–H and O–H groups in total. The highest BCUT2D eigenvalue weighted by atomic mass is 16.2. The van der Waals surface area contributed by atoms with Crippen LogP contribution in [0.25, 0.3) is 0 Å². The maximum absolute atomic E-state index is 12.7. The van der Waals surface area contributed by atoms with E-state index in [1.165, 1.54) is 0 Å². The standard InChI is InChI=1S/C17H29N5O2/c1-13(2)6-7-22-14(3)15(12-18-22)16(23)20-8-10-21(11-9-20)17(24)19(4)5/h12-13H,6-11H2,1-5H3. The summed E-state index contributed by atoms with van der Waals surface area (Å²) in [6, 6.07) is -0.000199. The fraction of sp³-hybridized carbons (Fsp3) is 0.706. The molecule has 0 aromatic carbocycles. The fourth-order valence-electron chi connectivity index (χ4n) is 2.82.